The summed E-state index contributed by atoms with van der Waals surface area (Å²) in [7, 11) is 0. The van der Waals surface area contributed by atoms with E-state index in [9.17, 15) is 9.90 Å². The number of hydrogen-bond acceptors (Lipinski definition) is 2. The molecule has 1 amide bonds. The Hall–Kier alpha value is -0.830. The van der Waals surface area contributed by atoms with Gasteiger partial charge in [0.1, 0.15) is 0 Å². The van der Waals surface area contributed by atoms with Crippen LogP contribution in [0.1, 0.15) is 19.3 Å². The number of carbonyl (C=O) groups is 1. The second-order valence-corrected chi connectivity index (χ2v) is 3.96. The van der Waals surface area contributed by atoms with Crippen LogP contribution in [0.25, 0.3) is 0 Å². The Labute approximate surface area is 78.0 Å². The Morgan fingerprint density at radius 3 is 3.08 bits per heavy atom. The maximum Gasteiger partial charge on any atom is 0.222 e. The van der Waals surface area contributed by atoms with Crippen LogP contribution in [0.15, 0.2) is 12.7 Å². The summed E-state index contributed by atoms with van der Waals surface area (Å²) in [5, 5.41) is 9.54. The normalized spacial score (nSPS) is 34.8. The molecule has 2 heterocycles. The zero-order chi connectivity index (χ0) is 9.42. The Morgan fingerprint density at radius 1 is 1.69 bits per heavy atom. The average Bonchev–Trinajstić information content (AvgIpc) is 2.67. The number of nitrogens with zero attached hydrogens (tertiary/aromatic N) is 1. The summed E-state index contributed by atoms with van der Waals surface area (Å²) in [6.45, 7) is 4.28. The quantitative estimate of drug-likeness (QED) is 0.632. The van der Waals surface area contributed by atoms with Crippen molar-refractivity contribution in [3.05, 3.63) is 12.7 Å². The fraction of sp³-hybridized carbons (Fsp3) is 0.700. The van der Waals surface area contributed by atoms with E-state index < -0.39 is 6.10 Å². The smallest absolute Gasteiger partial charge is 0.222 e. The molecular weight excluding hydrogens is 166 g/mol. The topological polar surface area (TPSA) is 40.5 Å². The van der Waals surface area contributed by atoms with E-state index in [1.54, 1.807) is 6.08 Å². The molecule has 2 aliphatic rings. The third-order valence-electron chi connectivity index (χ3n) is 3.18. The Balaban J connectivity index is 2.02. The van der Waals surface area contributed by atoms with Crippen molar-refractivity contribution in [1.29, 1.82) is 0 Å². The molecule has 0 unspecified atom stereocenters. The van der Waals surface area contributed by atoms with Gasteiger partial charge >= 0.3 is 0 Å². The summed E-state index contributed by atoms with van der Waals surface area (Å²) in [6, 6.07) is 0.395. The molecule has 0 radical (unpaired) electrons. The lowest BCUT2D eigenvalue weighted by molar-refractivity contribution is -0.128. The lowest BCUT2D eigenvalue weighted by atomic mass is 9.97. The van der Waals surface area contributed by atoms with Crippen molar-refractivity contribution in [3.63, 3.8) is 0 Å². The first-order valence-corrected chi connectivity index (χ1v) is 4.82. The van der Waals surface area contributed by atoms with Crippen LogP contribution < -0.4 is 0 Å². The van der Waals surface area contributed by atoms with Gasteiger partial charge in [-0.3, -0.25) is 4.79 Å². The summed E-state index contributed by atoms with van der Waals surface area (Å²) in [6.07, 6.45) is 3.73. The number of hydrogen-bond donors (Lipinski definition) is 1. The van der Waals surface area contributed by atoms with Crippen molar-refractivity contribution in [2.45, 2.75) is 31.4 Å². The van der Waals surface area contributed by atoms with Gasteiger partial charge in [0.25, 0.3) is 0 Å². The van der Waals surface area contributed by atoms with Gasteiger partial charge in [-0.15, -0.1) is 6.58 Å². The van der Waals surface area contributed by atoms with E-state index in [-0.39, 0.29) is 11.8 Å². The summed E-state index contributed by atoms with van der Waals surface area (Å²) in [4.78, 5) is 13.2. The Kier molecular flexibility index (Phi) is 2.12. The van der Waals surface area contributed by atoms with Crippen molar-refractivity contribution < 1.29 is 9.90 Å². The van der Waals surface area contributed by atoms with Gasteiger partial charge in [-0.2, -0.15) is 0 Å². The highest BCUT2D eigenvalue weighted by molar-refractivity contribution is 5.79. The molecule has 3 heteroatoms. The van der Waals surface area contributed by atoms with E-state index in [0.717, 1.165) is 19.4 Å². The molecule has 0 aromatic heterocycles. The van der Waals surface area contributed by atoms with Gasteiger partial charge < -0.3 is 10.0 Å². The van der Waals surface area contributed by atoms with Crippen LogP contribution in [0.4, 0.5) is 0 Å². The van der Waals surface area contributed by atoms with Crippen molar-refractivity contribution in [2.75, 3.05) is 6.54 Å². The maximum absolute atomic E-state index is 11.3. The molecule has 2 fully saturated rings. The van der Waals surface area contributed by atoms with Crippen LogP contribution in [0, 0.1) is 5.92 Å². The largest absolute Gasteiger partial charge is 0.389 e. The summed E-state index contributed by atoms with van der Waals surface area (Å²) in [5.74, 6) is 0.468. The van der Waals surface area contributed by atoms with E-state index >= 15 is 0 Å². The second-order valence-electron chi connectivity index (χ2n) is 3.96. The lowest BCUT2D eigenvalue weighted by Crippen LogP contribution is -2.29. The number of rotatable bonds is 2. The molecule has 1 N–H and O–H groups in total. The lowest BCUT2D eigenvalue weighted by Gasteiger charge is -2.15. The predicted octanol–water partition coefficient (Wildman–Crippen LogP) is 0.544. The fourth-order valence-corrected chi connectivity index (χ4v) is 2.41. The number of fused-ring (bicyclic) bond motifs is 1. The van der Waals surface area contributed by atoms with E-state index in [2.05, 4.69) is 6.58 Å². The summed E-state index contributed by atoms with van der Waals surface area (Å²) < 4.78 is 0. The van der Waals surface area contributed by atoms with Crippen molar-refractivity contribution in [3.8, 4) is 0 Å². The molecule has 2 rings (SSSR count). The summed E-state index contributed by atoms with van der Waals surface area (Å²) >= 11 is 0. The first-order chi connectivity index (χ1) is 6.22. The second kappa shape index (κ2) is 3.14. The Morgan fingerprint density at radius 2 is 2.46 bits per heavy atom. The molecule has 0 aromatic rings. The highest BCUT2D eigenvalue weighted by Crippen LogP contribution is 2.33. The Bertz CT molecular complexity index is 239. The van der Waals surface area contributed by atoms with Crippen LogP contribution in [0.3, 0.4) is 0 Å². The predicted molar refractivity (Wildman–Crippen MR) is 49.0 cm³/mol. The molecule has 0 spiro atoms. The van der Waals surface area contributed by atoms with Gasteiger partial charge in [0.15, 0.2) is 0 Å². The highest BCUT2D eigenvalue weighted by atomic mass is 16.3. The minimum absolute atomic E-state index is 0.215. The molecule has 3 nitrogen and oxygen atoms in total. The number of aliphatic hydroxyl groups is 1. The average molecular weight is 181 g/mol. The van der Waals surface area contributed by atoms with Crippen LogP contribution in [0.2, 0.25) is 0 Å². The van der Waals surface area contributed by atoms with Gasteiger partial charge in [-0.05, 0) is 12.8 Å². The molecule has 2 aliphatic heterocycles. The minimum atomic E-state index is -0.446. The molecule has 0 saturated carbocycles. The molecule has 0 aromatic carbocycles. The molecule has 0 aliphatic carbocycles. The van der Waals surface area contributed by atoms with E-state index in [1.807, 2.05) is 4.90 Å². The first kappa shape index (κ1) is 8.75. The molecule has 3 atom stereocenters. The van der Waals surface area contributed by atoms with E-state index in [4.69, 9.17) is 0 Å². The third kappa shape index (κ3) is 1.37. The maximum atomic E-state index is 11.3. The SMILES string of the molecule is C=C[C@H](O)[C@H]1C[C@H]2CCC(=O)N2C1. The molecular formula is C10H15NO2. The van der Waals surface area contributed by atoms with Gasteiger partial charge in [-0.25, -0.2) is 0 Å². The zero-order valence-electron chi connectivity index (χ0n) is 7.65. The zero-order valence-corrected chi connectivity index (χ0v) is 7.65. The van der Waals surface area contributed by atoms with Crippen LogP contribution >= 0.6 is 0 Å². The molecule has 0 bridgehead atoms. The van der Waals surface area contributed by atoms with Gasteiger partial charge in [0.2, 0.25) is 5.91 Å². The first-order valence-electron chi connectivity index (χ1n) is 4.82. The summed E-state index contributed by atoms with van der Waals surface area (Å²) in [5.41, 5.74) is 0. The number of aliphatic hydroxyl groups excluding tert-OH is 1. The molecule has 2 saturated heterocycles. The molecule has 13 heavy (non-hydrogen) atoms. The number of amides is 1. The highest BCUT2D eigenvalue weighted by Gasteiger charge is 2.41. The monoisotopic (exact) mass is 181 g/mol. The van der Waals surface area contributed by atoms with Gasteiger partial charge in [-0.1, -0.05) is 6.08 Å². The fourth-order valence-electron chi connectivity index (χ4n) is 2.41. The van der Waals surface area contributed by atoms with Gasteiger partial charge in [0.05, 0.1) is 6.10 Å². The number of carbonyl (C=O) groups excluding carboxylic acids is 1. The third-order valence-corrected chi connectivity index (χ3v) is 3.18. The molecule has 72 valence electrons. The van der Waals surface area contributed by atoms with Crippen LogP contribution in [0.5, 0.6) is 0 Å². The van der Waals surface area contributed by atoms with E-state index in [1.165, 1.54) is 0 Å². The minimum Gasteiger partial charge on any atom is -0.389 e. The van der Waals surface area contributed by atoms with Crippen molar-refractivity contribution >= 4 is 5.91 Å². The van der Waals surface area contributed by atoms with Crippen LogP contribution in [-0.4, -0.2) is 34.6 Å². The van der Waals surface area contributed by atoms with Crippen molar-refractivity contribution in [1.82, 2.24) is 4.90 Å². The van der Waals surface area contributed by atoms with Gasteiger partial charge in [0, 0.05) is 24.9 Å². The standard InChI is InChI=1S/C10H15NO2/c1-2-9(12)7-5-8-3-4-10(13)11(8)6-7/h2,7-9,12H,1,3-6H2/t7-,8+,9-/m0/s1. The van der Waals surface area contributed by atoms with E-state index in [0.29, 0.717) is 12.5 Å². The van der Waals surface area contributed by atoms with Crippen molar-refractivity contribution in [2.24, 2.45) is 5.92 Å². The van der Waals surface area contributed by atoms with Crippen LogP contribution in [-0.2, 0) is 4.79 Å².